The highest BCUT2D eigenvalue weighted by Crippen LogP contribution is 2.34. The topological polar surface area (TPSA) is 42.2 Å². The van der Waals surface area contributed by atoms with Crippen molar-refractivity contribution >= 4 is 11.3 Å². The maximum absolute atomic E-state index is 12.5. The van der Waals surface area contributed by atoms with Crippen molar-refractivity contribution in [3.05, 3.63) is 16.1 Å². The normalized spacial score (nSPS) is 24.6. The van der Waals surface area contributed by atoms with Crippen molar-refractivity contribution in [2.24, 2.45) is 11.1 Å². The van der Waals surface area contributed by atoms with Gasteiger partial charge in [0.2, 0.25) is 0 Å². The van der Waals surface area contributed by atoms with E-state index in [9.17, 15) is 13.2 Å². The van der Waals surface area contributed by atoms with E-state index < -0.39 is 11.1 Å². The third-order valence-electron chi connectivity index (χ3n) is 3.58. The lowest BCUT2D eigenvalue weighted by molar-refractivity contribution is -0.134. The number of halogens is 3. The molecule has 3 nitrogen and oxygen atoms in total. The number of alkyl halides is 3. The molecular formula is C12H18F3N3S. The predicted molar refractivity (Wildman–Crippen MR) is 68.8 cm³/mol. The molecule has 2 N–H and O–H groups in total. The van der Waals surface area contributed by atoms with Crippen molar-refractivity contribution in [2.45, 2.75) is 39.0 Å². The largest absolute Gasteiger partial charge is 0.427 e. The van der Waals surface area contributed by atoms with Crippen LogP contribution in [0.1, 0.15) is 30.2 Å². The van der Waals surface area contributed by atoms with Gasteiger partial charge < -0.3 is 5.73 Å². The number of aromatic nitrogens is 1. The quantitative estimate of drug-likeness (QED) is 0.911. The molecule has 2 heterocycles. The van der Waals surface area contributed by atoms with E-state index in [0.29, 0.717) is 11.6 Å². The number of piperidine rings is 1. The molecule has 1 aromatic heterocycles. The Morgan fingerprint density at radius 3 is 2.74 bits per heavy atom. The van der Waals surface area contributed by atoms with E-state index in [0.717, 1.165) is 37.0 Å². The Hall–Kier alpha value is -0.660. The Kier molecular flexibility index (Phi) is 3.90. The zero-order chi connectivity index (χ0) is 14.3. The van der Waals surface area contributed by atoms with Crippen LogP contribution in [-0.4, -0.2) is 29.0 Å². The average molecular weight is 293 g/mol. The number of rotatable bonds is 2. The fraction of sp³-hybridized carbons (Fsp3) is 0.750. The van der Waals surface area contributed by atoms with Gasteiger partial charge in [-0.3, -0.25) is 4.90 Å². The molecular weight excluding hydrogens is 275 g/mol. The molecule has 19 heavy (non-hydrogen) atoms. The number of likely N-dealkylation sites (tertiary alicyclic amines) is 1. The van der Waals surface area contributed by atoms with Crippen LogP contribution < -0.4 is 5.73 Å². The van der Waals surface area contributed by atoms with Crippen molar-refractivity contribution in [2.75, 3.05) is 13.1 Å². The van der Waals surface area contributed by atoms with Gasteiger partial charge in [-0.15, -0.1) is 11.3 Å². The van der Waals surface area contributed by atoms with E-state index in [1.165, 1.54) is 0 Å². The van der Waals surface area contributed by atoms with Crippen LogP contribution in [0.2, 0.25) is 0 Å². The first-order chi connectivity index (χ1) is 8.68. The molecule has 0 saturated carbocycles. The molecule has 1 unspecified atom stereocenters. The van der Waals surface area contributed by atoms with E-state index >= 15 is 0 Å². The minimum atomic E-state index is -4.29. The van der Waals surface area contributed by atoms with Crippen LogP contribution in [0, 0.1) is 5.41 Å². The van der Waals surface area contributed by atoms with Gasteiger partial charge >= 0.3 is 6.18 Å². The molecule has 2 rings (SSSR count). The molecule has 0 aliphatic carbocycles. The third kappa shape index (κ3) is 3.46. The van der Waals surface area contributed by atoms with E-state index in [2.05, 4.69) is 23.7 Å². The van der Waals surface area contributed by atoms with Crippen LogP contribution in [0.5, 0.6) is 0 Å². The van der Waals surface area contributed by atoms with Crippen molar-refractivity contribution < 1.29 is 13.2 Å². The number of nitrogens with two attached hydrogens (primary N) is 1. The van der Waals surface area contributed by atoms with E-state index in [4.69, 9.17) is 5.73 Å². The maximum Gasteiger partial charge on any atom is 0.427 e. The molecule has 0 spiro atoms. The second kappa shape index (κ2) is 5.03. The van der Waals surface area contributed by atoms with Gasteiger partial charge in [0.15, 0.2) is 0 Å². The Morgan fingerprint density at radius 2 is 2.21 bits per heavy atom. The highest BCUT2D eigenvalue weighted by molar-refractivity contribution is 7.11. The molecule has 108 valence electrons. The smallest absolute Gasteiger partial charge is 0.327 e. The molecule has 1 saturated heterocycles. The lowest BCUT2D eigenvalue weighted by atomic mass is 9.80. The minimum Gasteiger partial charge on any atom is -0.327 e. The highest BCUT2D eigenvalue weighted by Gasteiger charge is 2.35. The summed E-state index contributed by atoms with van der Waals surface area (Å²) < 4.78 is 37.5. The summed E-state index contributed by atoms with van der Waals surface area (Å²) in [5.74, 6) is 0. The fourth-order valence-corrected chi connectivity index (χ4v) is 3.15. The molecule has 1 fully saturated rings. The summed E-state index contributed by atoms with van der Waals surface area (Å²) in [6, 6.07) is 0.144. The number of nitrogens with zero attached hydrogens (tertiary/aromatic N) is 2. The second-order valence-corrected chi connectivity index (χ2v) is 6.83. The van der Waals surface area contributed by atoms with Gasteiger partial charge in [0.25, 0.3) is 0 Å². The lowest BCUT2D eigenvalue weighted by Gasteiger charge is -2.42. The van der Waals surface area contributed by atoms with Gasteiger partial charge in [0, 0.05) is 19.1 Å². The molecule has 0 aromatic carbocycles. The van der Waals surface area contributed by atoms with Crippen molar-refractivity contribution in [3.8, 4) is 0 Å². The number of thiazole rings is 1. The third-order valence-corrected chi connectivity index (χ3v) is 4.61. The summed E-state index contributed by atoms with van der Waals surface area (Å²) >= 11 is 0.725. The first-order valence-electron chi connectivity index (χ1n) is 6.18. The summed E-state index contributed by atoms with van der Waals surface area (Å²) in [5, 5.41) is 0.513. The zero-order valence-corrected chi connectivity index (χ0v) is 11.8. The minimum absolute atomic E-state index is 0.0115. The van der Waals surface area contributed by atoms with Gasteiger partial charge in [0.05, 0.1) is 12.7 Å². The van der Waals surface area contributed by atoms with Gasteiger partial charge in [0.1, 0.15) is 9.88 Å². The molecule has 7 heteroatoms. The zero-order valence-electron chi connectivity index (χ0n) is 11.0. The second-order valence-electron chi connectivity index (χ2n) is 5.71. The number of hydrogen-bond donors (Lipinski definition) is 1. The highest BCUT2D eigenvalue weighted by atomic mass is 32.1. The van der Waals surface area contributed by atoms with E-state index in [1.54, 1.807) is 0 Å². The van der Waals surface area contributed by atoms with Crippen molar-refractivity contribution in [3.63, 3.8) is 0 Å². The monoisotopic (exact) mass is 293 g/mol. The van der Waals surface area contributed by atoms with Crippen LogP contribution in [0.3, 0.4) is 0 Å². The van der Waals surface area contributed by atoms with E-state index in [1.807, 2.05) is 0 Å². The maximum atomic E-state index is 12.5. The molecule has 1 aliphatic heterocycles. The molecule has 0 amide bonds. The molecule has 0 radical (unpaired) electrons. The van der Waals surface area contributed by atoms with Crippen molar-refractivity contribution in [1.29, 1.82) is 0 Å². The predicted octanol–water partition coefficient (Wildman–Crippen LogP) is 2.72. The summed E-state index contributed by atoms with van der Waals surface area (Å²) in [6.45, 7) is 6.25. The van der Waals surface area contributed by atoms with Gasteiger partial charge in [-0.2, -0.15) is 13.2 Å². The van der Waals surface area contributed by atoms with Gasteiger partial charge in [-0.25, -0.2) is 4.98 Å². The van der Waals surface area contributed by atoms with E-state index in [-0.39, 0.29) is 11.5 Å². The standard InChI is InChI=1S/C12H18F3N3S/c1-11(2)7-18(4-3-8(11)16)6-10-17-5-9(19-10)12(13,14)15/h5,8H,3-4,6-7,16H2,1-2H3. The Balaban J connectivity index is 2.00. The van der Waals surface area contributed by atoms with Crippen LogP contribution in [0.15, 0.2) is 6.20 Å². The summed E-state index contributed by atoms with van der Waals surface area (Å²) in [7, 11) is 0. The lowest BCUT2D eigenvalue weighted by Crippen LogP contribution is -2.52. The summed E-state index contributed by atoms with van der Waals surface area (Å²) in [6.07, 6.45) is -2.51. The first kappa shape index (κ1) is 14.7. The van der Waals surface area contributed by atoms with Crippen LogP contribution in [0.4, 0.5) is 13.2 Å². The van der Waals surface area contributed by atoms with Crippen molar-refractivity contribution in [1.82, 2.24) is 9.88 Å². The molecule has 1 aliphatic rings. The number of hydrogen-bond acceptors (Lipinski definition) is 4. The molecule has 1 aromatic rings. The Bertz CT molecular complexity index is 442. The van der Waals surface area contributed by atoms with Crippen LogP contribution in [0.25, 0.3) is 0 Å². The molecule has 1 atom stereocenters. The summed E-state index contributed by atoms with van der Waals surface area (Å²) in [4.78, 5) is 5.37. The average Bonchev–Trinajstić information content (AvgIpc) is 2.71. The first-order valence-corrected chi connectivity index (χ1v) is 7.00. The SMILES string of the molecule is CC1(C)CN(Cc2ncc(C(F)(F)F)s2)CCC1N. The van der Waals surface area contributed by atoms with Crippen LogP contribution >= 0.6 is 11.3 Å². The summed E-state index contributed by atoms with van der Waals surface area (Å²) in [5.41, 5.74) is 6.03. The van der Waals surface area contributed by atoms with Gasteiger partial charge in [-0.1, -0.05) is 13.8 Å². The fourth-order valence-electron chi connectivity index (χ4n) is 2.33. The molecule has 0 bridgehead atoms. The Morgan fingerprint density at radius 1 is 1.53 bits per heavy atom. The van der Waals surface area contributed by atoms with Crippen LogP contribution in [-0.2, 0) is 12.7 Å². The Labute approximate surface area is 114 Å². The van der Waals surface area contributed by atoms with Gasteiger partial charge in [-0.05, 0) is 11.8 Å².